The molecule has 1 rings (SSSR count). The van der Waals surface area contributed by atoms with Gasteiger partial charge in [-0.1, -0.05) is 32.9 Å². The number of amides is 1. The van der Waals surface area contributed by atoms with Crippen LogP contribution in [0.3, 0.4) is 0 Å². The van der Waals surface area contributed by atoms with Crippen LogP contribution in [-0.4, -0.2) is 17.7 Å². The van der Waals surface area contributed by atoms with E-state index in [4.69, 9.17) is 5.11 Å². The Labute approximate surface area is 90.1 Å². The molecular weight excluding hydrogens is 190 g/mol. The smallest absolute Gasteiger partial charge is 0.253 e. The topological polar surface area (TPSA) is 49.3 Å². The van der Waals surface area contributed by atoms with Gasteiger partial charge in [-0.05, 0) is 23.1 Å². The Bertz CT molecular complexity index is 336. The molecule has 0 saturated carbocycles. The number of nitrogens with one attached hydrogen (secondary N) is 1. The number of rotatable bonds is 2. The van der Waals surface area contributed by atoms with Crippen molar-refractivity contribution in [3.63, 3.8) is 0 Å². The number of carbonyl (C=O) groups is 1. The molecule has 0 aliphatic carbocycles. The maximum Gasteiger partial charge on any atom is 0.253 e. The number of aliphatic hydroxyl groups is 1. The fraction of sp³-hybridized carbons (Fsp3) is 0.417. The number of carbonyl (C=O) groups excluding carboxylic acids is 1. The summed E-state index contributed by atoms with van der Waals surface area (Å²) in [7, 11) is 0. The molecule has 0 fully saturated rings. The lowest BCUT2D eigenvalue weighted by molar-refractivity contribution is 0.0910. The molecule has 2 N–H and O–H groups in total. The second-order valence-corrected chi connectivity index (χ2v) is 4.49. The summed E-state index contributed by atoms with van der Waals surface area (Å²) < 4.78 is 0. The van der Waals surface area contributed by atoms with Gasteiger partial charge in [0.1, 0.15) is 6.73 Å². The van der Waals surface area contributed by atoms with Crippen molar-refractivity contribution in [2.24, 2.45) is 0 Å². The quantitative estimate of drug-likeness (QED) is 0.725. The summed E-state index contributed by atoms with van der Waals surface area (Å²) in [6.45, 7) is 6.03. The molecule has 1 amide bonds. The molecule has 82 valence electrons. The van der Waals surface area contributed by atoms with Crippen LogP contribution in [0.2, 0.25) is 0 Å². The van der Waals surface area contributed by atoms with Crippen LogP contribution >= 0.6 is 0 Å². The van der Waals surface area contributed by atoms with Gasteiger partial charge < -0.3 is 10.4 Å². The maximum atomic E-state index is 11.3. The zero-order valence-electron chi connectivity index (χ0n) is 9.37. The average molecular weight is 207 g/mol. The van der Waals surface area contributed by atoms with Crippen molar-refractivity contribution in [2.75, 3.05) is 6.73 Å². The standard InChI is InChI=1S/C12H17NO2/c1-12(2,3)10-6-4-9(5-7-10)11(15)13-8-14/h4-7,14H,8H2,1-3H3,(H,13,15). The van der Waals surface area contributed by atoms with Gasteiger partial charge in [-0.25, -0.2) is 0 Å². The molecule has 0 heterocycles. The van der Waals surface area contributed by atoms with Gasteiger partial charge in [0.25, 0.3) is 5.91 Å². The number of benzene rings is 1. The highest BCUT2D eigenvalue weighted by Crippen LogP contribution is 2.21. The summed E-state index contributed by atoms with van der Waals surface area (Å²) in [4.78, 5) is 11.3. The van der Waals surface area contributed by atoms with Crippen molar-refractivity contribution in [2.45, 2.75) is 26.2 Å². The van der Waals surface area contributed by atoms with E-state index in [1.807, 2.05) is 12.1 Å². The lowest BCUT2D eigenvalue weighted by Crippen LogP contribution is -2.24. The zero-order valence-corrected chi connectivity index (χ0v) is 9.37. The van der Waals surface area contributed by atoms with Crippen molar-refractivity contribution in [1.29, 1.82) is 0 Å². The molecule has 0 unspecified atom stereocenters. The Balaban J connectivity index is 2.86. The lowest BCUT2D eigenvalue weighted by atomic mass is 9.87. The fourth-order valence-electron chi connectivity index (χ4n) is 1.30. The highest BCUT2D eigenvalue weighted by molar-refractivity contribution is 5.94. The summed E-state index contributed by atoms with van der Waals surface area (Å²) in [5, 5.41) is 10.9. The highest BCUT2D eigenvalue weighted by Gasteiger charge is 2.13. The Kier molecular flexibility index (Phi) is 3.48. The molecule has 3 nitrogen and oxygen atoms in total. The number of hydrogen-bond acceptors (Lipinski definition) is 2. The summed E-state index contributed by atoms with van der Waals surface area (Å²) in [6.07, 6.45) is 0. The molecule has 0 bridgehead atoms. The van der Waals surface area contributed by atoms with E-state index in [-0.39, 0.29) is 18.1 Å². The van der Waals surface area contributed by atoms with Gasteiger partial charge >= 0.3 is 0 Å². The van der Waals surface area contributed by atoms with E-state index >= 15 is 0 Å². The zero-order chi connectivity index (χ0) is 11.5. The van der Waals surface area contributed by atoms with Crippen LogP contribution in [0.4, 0.5) is 0 Å². The molecule has 0 radical (unpaired) electrons. The van der Waals surface area contributed by atoms with Gasteiger partial charge in [0, 0.05) is 5.56 Å². The number of aliphatic hydroxyl groups excluding tert-OH is 1. The summed E-state index contributed by atoms with van der Waals surface area (Å²) in [5.41, 5.74) is 1.84. The van der Waals surface area contributed by atoms with E-state index in [0.29, 0.717) is 5.56 Å². The SMILES string of the molecule is CC(C)(C)c1ccc(C(=O)NCO)cc1. The third-order valence-electron chi connectivity index (χ3n) is 2.25. The Morgan fingerprint density at radius 2 is 1.80 bits per heavy atom. The van der Waals surface area contributed by atoms with Crippen LogP contribution < -0.4 is 5.32 Å². The van der Waals surface area contributed by atoms with E-state index in [1.165, 1.54) is 5.56 Å². The first-order valence-corrected chi connectivity index (χ1v) is 4.95. The van der Waals surface area contributed by atoms with Gasteiger partial charge in [-0.2, -0.15) is 0 Å². The molecule has 0 spiro atoms. The molecule has 0 aliphatic rings. The van der Waals surface area contributed by atoms with Crippen LogP contribution in [-0.2, 0) is 5.41 Å². The fourth-order valence-corrected chi connectivity index (χ4v) is 1.30. The predicted octanol–water partition coefficient (Wildman–Crippen LogP) is 1.66. The van der Waals surface area contributed by atoms with E-state index < -0.39 is 0 Å². The van der Waals surface area contributed by atoms with Crippen LogP contribution in [0.5, 0.6) is 0 Å². The minimum atomic E-state index is -0.333. The molecule has 0 aliphatic heterocycles. The average Bonchev–Trinajstić information content (AvgIpc) is 2.17. The lowest BCUT2D eigenvalue weighted by Gasteiger charge is -2.18. The molecule has 0 aromatic heterocycles. The molecule has 1 aromatic rings. The second kappa shape index (κ2) is 4.45. The van der Waals surface area contributed by atoms with Gasteiger partial charge in [0.15, 0.2) is 0 Å². The summed E-state index contributed by atoms with van der Waals surface area (Å²) in [5.74, 6) is -0.252. The third kappa shape index (κ3) is 3.06. The normalized spacial score (nSPS) is 11.2. The molecule has 3 heteroatoms. The van der Waals surface area contributed by atoms with Crippen molar-refractivity contribution < 1.29 is 9.90 Å². The van der Waals surface area contributed by atoms with Gasteiger partial charge in [0.05, 0.1) is 0 Å². The Hall–Kier alpha value is -1.35. The second-order valence-electron chi connectivity index (χ2n) is 4.49. The van der Waals surface area contributed by atoms with E-state index in [1.54, 1.807) is 12.1 Å². The van der Waals surface area contributed by atoms with Crippen LogP contribution in [0.15, 0.2) is 24.3 Å². The molecule has 1 aromatic carbocycles. The van der Waals surface area contributed by atoms with E-state index in [9.17, 15) is 4.79 Å². The van der Waals surface area contributed by atoms with Crippen molar-refractivity contribution in [3.05, 3.63) is 35.4 Å². The van der Waals surface area contributed by atoms with Crippen LogP contribution in [0, 0.1) is 0 Å². The predicted molar refractivity (Wildman–Crippen MR) is 59.7 cm³/mol. The minimum Gasteiger partial charge on any atom is -0.376 e. The third-order valence-corrected chi connectivity index (χ3v) is 2.25. The molecule has 15 heavy (non-hydrogen) atoms. The Morgan fingerprint density at radius 1 is 1.27 bits per heavy atom. The van der Waals surface area contributed by atoms with Crippen molar-refractivity contribution >= 4 is 5.91 Å². The largest absolute Gasteiger partial charge is 0.376 e. The molecule has 0 atom stereocenters. The summed E-state index contributed by atoms with van der Waals surface area (Å²) >= 11 is 0. The minimum absolute atomic E-state index is 0.0893. The van der Waals surface area contributed by atoms with Gasteiger partial charge in [0.2, 0.25) is 0 Å². The van der Waals surface area contributed by atoms with Crippen LogP contribution in [0.25, 0.3) is 0 Å². The number of hydrogen-bond donors (Lipinski definition) is 2. The Morgan fingerprint density at radius 3 is 2.20 bits per heavy atom. The molecular formula is C12H17NO2. The van der Waals surface area contributed by atoms with E-state index in [2.05, 4.69) is 26.1 Å². The molecule has 0 saturated heterocycles. The van der Waals surface area contributed by atoms with Gasteiger partial charge in [-0.3, -0.25) is 4.79 Å². The first-order valence-electron chi connectivity index (χ1n) is 4.95. The van der Waals surface area contributed by atoms with Crippen molar-refractivity contribution in [1.82, 2.24) is 5.32 Å². The first kappa shape index (κ1) is 11.7. The monoisotopic (exact) mass is 207 g/mol. The van der Waals surface area contributed by atoms with Gasteiger partial charge in [-0.15, -0.1) is 0 Å². The summed E-state index contributed by atoms with van der Waals surface area (Å²) in [6, 6.07) is 7.41. The highest BCUT2D eigenvalue weighted by atomic mass is 16.3. The van der Waals surface area contributed by atoms with E-state index in [0.717, 1.165) is 0 Å². The first-order chi connectivity index (χ1) is 6.95. The maximum absolute atomic E-state index is 11.3. The van der Waals surface area contributed by atoms with Crippen molar-refractivity contribution in [3.8, 4) is 0 Å². The van der Waals surface area contributed by atoms with Crippen LogP contribution in [0.1, 0.15) is 36.7 Å².